The number of halogens is 2. The van der Waals surface area contributed by atoms with E-state index in [1.165, 1.54) is 34.6 Å². The van der Waals surface area contributed by atoms with Crippen LogP contribution in [0.4, 0.5) is 0 Å². The third-order valence-electron chi connectivity index (χ3n) is 6.65. The molecule has 2 aromatic rings. The topological polar surface area (TPSA) is 167 Å². The minimum Gasteiger partial charge on any atom is -0.481 e. The molecule has 2 aliphatic rings. The number of fused-ring (bicyclic) bond motifs is 1. The number of carbonyl (C=O) groups is 4. The zero-order valence-electron chi connectivity index (χ0n) is 22.8. The van der Waals surface area contributed by atoms with Crippen molar-refractivity contribution in [3.63, 3.8) is 0 Å². The van der Waals surface area contributed by atoms with Crippen molar-refractivity contribution < 1.29 is 34.0 Å². The third kappa shape index (κ3) is 8.58. The molecule has 0 spiro atoms. The first-order valence-electron chi connectivity index (χ1n) is 13.3. The zero-order valence-corrected chi connectivity index (χ0v) is 26.8. The smallest absolute Gasteiger partial charge is 0.352 e. The van der Waals surface area contributed by atoms with E-state index in [4.69, 9.17) is 34.0 Å². The van der Waals surface area contributed by atoms with E-state index in [1.807, 2.05) is 18.3 Å². The van der Waals surface area contributed by atoms with Crippen LogP contribution in [0.5, 0.6) is 0 Å². The molecule has 11 nitrogen and oxygen atoms in total. The van der Waals surface area contributed by atoms with Gasteiger partial charge in [-0.2, -0.15) is 0 Å². The number of nitrogens with zero attached hydrogens (tertiary/aromatic N) is 3. The fraction of sp³-hybridized carbons (Fsp3) is 0.407. The molecule has 2 atom stereocenters. The molecular weight excluding hydrogens is 657 g/mol. The second kappa shape index (κ2) is 15.5. The van der Waals surface area contributed by atoms with Crippen LogP contribution in [0, 0.1) is 0 Å². The van der Waals surface area contributed by atoms with Gasteiger partial charge in [-0.1, -0.05) is 23.2 Å². The number of thioether (sulfide) groups is 3. The highest BCUT2D eigenvalue weighted by molar-refractivity contribution is 8.01. The van der Waals surface area contributed by atoms with Gasteiger partial charge in [-0.05, 0) is 24.6 Å². The summed E-state index contributed by atoms with van der Waals surface area (Å²) in [4.78, 5) is 55.5. The van der Waals surface area contributed by atoms with Gasteiger partial charge in [-0.3, -0.25) is 19.3 Å². The van der Waals surface area contributed by atoms with Crippen LogP contribution in [0.2, 0.25) is 10.2 Å². The molecular formula is C27H30Cl2N5O6S3+. The number of pyridine rings is 2. The Labute approximate surface area is 271 Å². The first-order chi connectivity index (χ1) is 20.6. The van der Waals surface area contributed by atoms with Crippen molar-refractivity contribution in [2.45, 2.75) is 53.4 Å². The Balaban J connectivity index is 1.39. The number of amides is 2. The fourth-order valence-electron chi connectivity index (χ4n) is 4.59. The predicted molar refractivity (Wildman–Crippen MR) is 166 cm³/mol. The summed E-state index contributed by atoms with van der Waals surface area (Å²) >= 11 is 16.0. The number of aryl methyl sites for hydroxylation is 2. The SMILES string of the molecule is NCCC[n+]1ccc(SCC2=C(C(=O)O)N3C(=O)[C@@H](NC(=O)CSc4cc(Cl)ncc4Cl)[C@H]3SC2)cc1CCCC(=O)O. The van der Waals surface area contributed by atoms with Gasteiger partial charge in [0.2, 0.25) is 5.91 Å². The van der Waals surface area contributed by atoms with Gasteiger partial charge in [-0.25, -0.2) is 14.3 Å². The van der Waals surface area contributed by atoms with Crippen LogP contribution in [0.1, 0.15) is 25.0 Å². The Morgan fingerprint density at radius 1 is 1.21 bits per heavy atom. The zero-order chi connectivity index (χ0) is 31.1. The molecule has 0 aromatic carbocycles. The van der Waals surface area contributed by atoms with Crippen molar-refractivity contribution in [3.8, 4) is 0 Å². The maximum Gasteiger partial charge on any atom is 0.352 e. The number of rotatable bonds is 15. The van der Waals surface area contributed by atoms with Gasteiger partial charge in [0.05, 0.1) is 10.8 Å². The molecule has 43 heavy (non-hydrogen) atoms. The van der Waals surface area contributed by atoms with Gasteiger partial charge in [0, 0.05) is 58.9 Å². The van der Waals surface area contributed by atoms with Crippen LogP contribution < -0.4 is 15.6 Å². The van der Waals surface area contributed by atoms with E-state index in [0.717, 1.165) is 35.3 Å². The standard InChI is InChI=1S/C27H29Cl2N5O6S3/c28-18-11-31-20(29)10-19(18)42-14-21(35)32-23-25(38)34-24(27(39)40)15(13-43-26(23)34)12-41-17-5-8-33(7-2-6-30)16(9-17)3-1-4-22(36)37/h5,8-11,23,26H,1-4,6-7,12-14,30H2,(H2-,32,35,36,37,39,40)/p+1/t23-,26-/m1/s1. The summed E-state index contributed by atoms with van der Waals surface area (Å²) in [7, 11) is 0. The molecule has 1 fully saturated rings. The quantitative estimate of drug-likeness (QED) is 0.0941. The van der Waals surface area contributed by atoms with Crippen molar-refractivity contribution >= 4 is 82.2 Å². The van der Waals surface area contributed by atoms with E-state index in [1.54, 1.807) is 6.07 Å². The Hall–Kier alpha value is -2.49. The van der Waals surface area contributed by atoms with Gasteiger partial charge in [0.1, 0.15) is 28.8 Å². The van der Waals surface area contributed by atoms with Crippen molar-refractivity contribution in [1.82, 2.24) is 15.2 Å². The minimum atomic E-state index is -1.19. The molecule has 2 aliphatic heterocycles. The van der Waals surface area contributed by atoms with Crippen molar-refractivity contribution in [1.29, 1.82) is 0 Å². The third-order valence-corrected chi connectivity index (χ3v) is 10.7. The normalized spacial score (nSPS) is 17.8. The molecule has 2 aromatic heterocycles. The summed E-state index contributed by atoms with van der Waals surface area (Å²) in [6.07, 6.45) is 5.27. The number of nitrogens with two attached hydrogens (primary N) is 1. The molecule has 2 amide bonds. The van der Waals surface area contributed by atoms with E-state index >= 15 is 0 Å². The number of aliphatic carboxylic acids is 2. The molecule has 4 heterocycles. The van der Waals surface area contributed by atoms with Crippen LogP contribution >= 0.6 is 58.5 Å². The second-order valence-corrected chi connectivity index (χ2v) is 13.6. The number of carbonyl (C=O) groups excluding carboxylic acids is 2. The number of carboxylic acid groups (broad SMARTS) is 2. The summed E-state index contributed by atoms with van der Waals surface area (Å²) < 4.78 is 2.06. The van der Waals surface area contributed by atoms with Crippen LogP contribution in [0.3, 0.4) is 0 Å². The predicted octanol–water partition coefficient (Wildman–Crippen LogP) is 3.06. The molecule has 4 rings (SSSR count). The number of aromatic nitrogens is 2. The molecule has 1 saturated heterocycles. The molecule has 230 valence electrons. The van der Waals surface area contributed by atoms with Crippen molar-refractivity contribution in [2.24, 2.45) is 5.73 Å². The van der Waals surface area contributed by atoms with E-state index in [-0.39, 0.29) is 28.9 Å². The van der Waals surface area contributed by atoms with Gasteiger partial charge in [0.25, 0.3) is 5.91 Å². The molecule has 0 aliphatic carbocycles. The maximum atomic E-state index is 13.0. The van der Waals surface area contributed by atoms with Crippen LogP contribution in [0.15, 0.2) is 51.7 Å². The number of hydrogen-bond donors (Lipinski definition) is 4. The number of hydrogen-bond acceptors (Lipinski definition) is 9. The Bertz CT molecular complexity index is 1450. The molecule has 5 N–H and O–H groups in total. The van der Waals surface area contributed by atoms with E-state index in [0.29, 0.717) is 46.4 Å². The summed E-state index contributed by atoms with van der Waals surface area (Å²) in [5.41, 5.74) is 7.22. The summed E-state index contributed by atoms with van der Waals surface area (Å²) in [5, 5.41) is 21.9. The van der Waals surface area contributed by atoms with Crippen LogP contribution in [-0.2, 0) is 32.1 Å². The Morgan fingerprint density at radius 3 is 2.72 bits per heavy atom. The van der Waals surface area contributed by atoms with Gasteiger partial charge in [0.15, 0.2) is 11.9 Å². The van der Waals surface area contributed by atoms with Crippen molar-refractivity contribution in [3.05, 3.63) is 57.7 Å². The minimum absolute atomic E-state index is 0.00760. The maximum absolute atomic E-state index is 13.0. The number of carboxylic acids is 2. The lowest BCUT2D eigenvalue weighted by Gasteiger charge is -2.49. The van der Waals surface area contributed by atoms with Gasteiger partial charge < -0.3 is 21.3 Å². The summed E-state index contributed by atoms with van der Waals surface area (Å²) in [6.45, 7) is 1.26. The second-order valence-electron chi connectivity index (χ2n) is 9.66. The lowest BCUT2D eigenvalue weighted by molar-refractivity contribution is -0.704. The van der Waals surface area contributed by atoms with E-state index < -0.39 is 29.3 Å². The molecule has 0 bridgehead atoms. The lowest BCUT2D eigenvalue weighted by atomic mass is 10.0. The summed E-state index contributed by atoms with van der Waals surface area (Å²) in [5.74, 6) is -2.16. The van der Waals surface area contributed by atoms with E-state index in [9.17, 15) is 24.3 Å². The average molecular weight is 688 g/mol. The highest BCUT2D eigenvalue weighted by Crippen LogP contribution is 2.41. The Kier molecular flexibility index (Phi) is 12.0. The molecule has 0 unspecified atom stereocenters. The first-order valence-corrected chi connectivity index (χ1v) is 17.1. The average Bonchev–Trinajstić information content (AvgIpc) is 2.97. The molecule has 16 heteroatoms. The van der Waals surface area contributed by atoms with Crippen LogP contribution in [-0.4, -0.2) is 79.1 Å². The summed E-state index contributed by atoms with van der Waals surface area (Å²) in [6, 6.07) is 4.65. The monoisotopic (exact) mass is 686 g/mol. The highest BCUT2D eigenvalue weighted by atomic mass is 35.5. The fourth-order valence-corrected chi connectivity index (χ4v) is 8.27. The Morgan fingerprint density at radius 2 is 2.00 bits per heavy atom. The largest absolute Gasteiger partial charge is 0.481 e. The van der Waals surface area contributed by atoms with Crippen molar-refractivity contribution in [2.75, 3.05) is 23.8 Å². The number of nitrogens with one attached hydrogen (secondary N) is 1. The van der Waals surface area contributed by atoms with Crippen LogP contribution in [0.25, 0.3) is 0 Å². The van der Waals surface area contributed by atoms with E-state index in [2.05, 4.69) is 14.9 Å². The molecule has 0 radical (unpaired) electrons. The van der Waals surface area contributed by atoms with Gasteiger partial charge in [-0.15, -0.1) is 35.3 Å². The first kappa shape index (κ1) is 33.4. The molecule has 0 saturated carbocycles. The number of β-lactam (4-membered cyclic amide) rings is 1. The van der Waals surface area contributed by atoms with Gasteiger partial charge >= 0.3 is 11.9 Å². The highest BCUT2D eigenvalue weighted by Gasteiger charge is 2.54. The lowest BCUT2D eigenvalue weighted by Crippen LogP contribution is -2.70.